The third kappa shape index (κ3) is 5.07. The van der Waals surface area contributed by atoms with Gasteiger partial charge in [0, 0.05) is 15.6 Å². The second kappa shape index (κ2) is 9.72. The van der Waals surface area contributed by atoms with Crippen molar-refractivity contribution >= 4 is 57.5 Å². The zero-order chi connectivity index (χ0) is 23.5. The Balaban J connectivity index is 1.64. The molecule has 0 bridgehead atoms. The van der Waals surface area contributed by atoms with Gasteiger partial charge in [-0.25, -0.2) is 9.37 Å². The predicted molar refractivity (Wildman–Crippen MR) is 128 cm³/mol. The number of rotatable bonds is 6. The lowest BCUT2D eigenvalue weighted by atomic mass is 10.1. The first-order valence-electron chi connectivity index (χ1n) is 9.59. The number of benzene rings is 3. The summed E-state index contributed by atoms with van der Waals surface area (Å²) < 4.78 is 24.8. The van der Waals surface area contributed by atoms with Crippen molar-refractivity contribution in [2.75, 3.05) is 7.11 Å². The van der Waals surface area contributed by atoms with Crippen LogP contribution in [0.15, 0.2) is 48.5 Å². The summed E-state index contributed by atoms with van der Waals surface area (Å²) in [6.07, 6.45) is 1.60. The quantitative estimate of drug-likeness (QED) is 0.281. The van der Waals surface area contributed by atoms with Gasteiger partial charge in [0.25, 0.3) is 0 Å². The SMILES string of the molecule is COc1cc(/C=C(/C#N)c2nc3ccc(F)cc3[nH]2)cc(Cl)c1OCc1ccc(Cl)cc1Cl. The molecule has 1 aromatic heterocycles. The predicted octanol–water partition coefficient (Wildman–Crippen LogP) is 7.31. The van der Waals surface area contributed by atoms with Gasteiger partial charge in [-0.3, -0.25) is 0 Å². The maximum absolute atomic E-state index is 13.5. The summed E-state index contributed by atoms with van der Waals surface area (Å²) in [5, 5.41) is 11.0. The van der Waals surface area contributed by atoms with Crippen molar-refractivity contribution in [3.8, 4) is 17.6 Å². The van der Waals surface area contributed by atoms with Gasteiger partial charge in [-0.2, -0.15) is 5.26 Å². The Morgan fingerprint density at radius 3 is 2.67 bits per heavy atom. The maximum atomic E-state index is 13.5. The van der Waals surface area contributed by atoms with Crippen LogP contribution in [0.3, 0.4) is 0 Å². The van der Waals surface area contributed by atoms with E-state index >= 15 is 0 Å². The fourth-order valence-electron chi connectivity index (χ4n) is 3.18. The number of aromatic amines is 1. The second-order valence-electron chi connectivity index (χ2n) is 6.98. The van der Waals surface area contributed by atoms with E-state index in [0.29, 0.717) is 44.0 Å². The number of nitrogens with one attached hydrogen (secondary N) is 1. The molecule has 0 saturated heterocycles. The van der Waals surface area contributed by atoms with E-state index in [1.54, 1.807) is 42.5 Å². The van der Waals surface area contributed by atoms with Gasteiger partial charge < -0.3 is 14.5 Å². The largest absolute Gasteiger partial charge is 0.493 e. The van der Waals surface area contributed by atoms with Gasteiger partial charge in [-0.05, 0) is 54.1 Å². The zero-order valence-corrected chi connectivity index (χ0v) is 19.4. The Labute approximate surface area is 203 Å². The number of methoxy groups -OCH3 is 1. The summed E-state index contributed by atoms with van der Waals surface area (Å²) in [7, 11) is 1.49. The Kier molecular flexibility index (Phi) is 6.75. The molecule has 4 rings (SSSR count). The van der Waals surface area contributed by atoms with Crippen LogP contribution in [0.1, 0.15) is 17.0 Å². The Morgan fingerprint density at radius 1 is 1.12 bits per heavy atom. The minimum Gasteiger partial charge on any atom is -0.493 e. The van der Waals surface area contributed by atoms with Crippen LogP contribution in [0, 0.1) is 17.1 Å². The van der Waals surface area contributed by atoms with Crippen molar-refractivity contribution < 1.29 is 13.9 Å². The summed E-state index contributed by atoms with van der Waals surface area (Å²) in [6.45, 7) is 0.153. The van der Waals surface area contributed by atoms with E-state index in [1.165, 1.54) is 19.2 Å². The number of hydrogen-bond donors (Lipinski definition) is 1. The molecule has 3 aromatic carbocycles. The van der Waals surface area contributed by atoms with Crippen molar-refractivity contribution in [2.45, 2.75) is 6.61 Å². The van der Waals surface area contributed by atoms with E-state index in [2.05, 4.69) is 16.0 Å². The van der Waals surface area contributed by atoms with Gasteiger partial charge in [-0.1, -0.05) is 40.9 Å². The molecule has 9 heteroatoms. The summed E-state index contributed by atoms with van der Waals surface area (Å²) in [5.74, 6) is 0.626. The second-order valence-corrected chi connectivity index (χ2v) is 8.23. The average molecular weight is 503 g/mol. The molecule has 0 spiro atoms. The van der Waals surface area contributed by atoms with Crippen molar-refractivity contribution in [3.63, 3.8) is 0 Å². The van der Waals surface area contributed by atoms with Gasteiger partial charge in [0.05, 0.1) is 28.7 Å². The van der Waals surface area contributed by atoms with Crippen LogP contribution < -0.4 is 9.47 Å². The number of aromatic nitrogens is 2. The molecular formula is C24H15Cl3FN3O2. The number of nitriles is 1. The average Bonchev–Trinajstić information content (AvgIpc) is 3.20. The van der Waals surface area contributed by atoms with Crippen LogP contribution in [0.4, 0.5) is 4.39 Å². The highest BCUT2D eigenvalue weighted by molar-refractivity contribution is 6.35. The molecule has 0 amide bonds. The summed E-state index contributed by atoms with van der Waals surface area (Å²) >= 11 is 18.6. The molecule has 0 saturated carbocycles. The van der Waals surface area contributed by atoms with Crippen LogP contribution in [-0.4, -0.2) is 17.1 Å². The molecule has 0 aliphatic heterocycles. The van der Waals surface area contributed by atoms with E-state index in [-0.39, 0.29) is 17.2 Å². The van der Waals surface area contributed by atoms with E-state index in [0.717, 1.165) is 5.56 Å². The van der Waals surface area contributed by atoms with Gasteiger partial charge in [0.1, 0.15) is 24.3 Å². The van der Waals surface area contributed by atoms with Gasteiger partial charge >= 0.3 is 0 Å². The van der Waals surface area contributed by atoms with Crippen LogP contribution in [0.5, 0.6) is 11.5 Å². The Hall–Kier alpha value is -3.24. The maximum Gasteiger partial charge on any atom is 0.180 e. The molecule has 0 aliphatic carbocycles. The lowest BCUT2D eigenvalue weighted by molar-refractivity contribution is 0.285. The van der Waals surface area contributed by atoms with Crippen molar-refractivity contribution in [3.05, 3.63) is 86.4 Å². The molecule has 0 unspecified atom stereocenters. The molecule has 0 radical (unpaired) electrons. The molecule has 166 valence electrons. The van der Waals surface area contributed by atoms with Crippen molar-refractivity contribution in [1.29, 1.82) is 5.26 Å². The van der Waals surface area contributed by atoms with Crippen LogP contribution >= 0.6 is 34.8 Å². The van der Waals surface area contributed by atoms with Gasteiger partial charge in [0.2, 0.25) is 0 Å². The molecule has 1 N–H and O–H groups in total. The zero-order valence-electron chi connectivity index (χ0n) is 17.1. The Morgan fingerprint density at radius 2 is 1.94 bits per heavy atom. The number of fused-ring (bicyclic) bond motifs is 1. The molecule has 5 nitrogen and oxygen atoms in total. The monoisotopic (exact) mass is 501 g/mol. The molecule has 4 aromatic rings. The first-order chi connectivity index (χ1) is 15.9. The molecule has 0 aliphatic rings. The number of imidazole rings is 1. The summed E-state index contributed by atoms with van der Waals surface area (Å²) in [6, 6.07) is 14.7. The van der Waals surface area contributed by atoms with E-state index in [1.807, 2.05) is 0 Å². The normalized spacial score (nSPS) is 11.5. The van der Waals surface area contributed by atoms with Crippen molar-refractivity contribution in [1.82, 2.24) is 9.97 Å². The Bertz CT molecular complexity index is 1430. The number of halogens is 4. The van der Waals surface area contributed by atoms with Crippen LogP contribution in [0.2, 0.25) is 15.1 Å². The molecule has 0 fully saturated rings. The highest BCUT2D eigenvalue weighted by atomic mass is 35.5. The molecular weight excluding hydrogens is 488 g/mol. The highest BCUT2D eigenvalue weighted by Crippen LogP contribution is 2.38. The van der Waals surface area contributed by atoms with Crippen LogP contribution in [0.25, 0.3) is 22.7 Å². The number of allylic oxidation sites excluding steroid dienone is 1. The number of hydrogen-bond acceptors (Lipinski definition) is 4. The molecule has 33 heavy (non-hydrogen) atoms. The number of ether oxygens (including phenoxy) is 2. The van der Waals surface area contributed by atoms with Gasteiger partial charge in [-0.15, -0.1) is 0 Å². The third-order valence-electron chi connectivity index (χ3n) is 4.77. The fraction of sp³-hybridized carbons (Fsp3) is 0.0833. The van der Waals surface area contributed by atoms with E-state index in [4.69, 9.17) is 44.3 Å². The van der Waals surface area contributed by atoms with Crippen molar-refractivity contribution in [2.24, 2.45) is 0 Å². The third-order valence-corrected chi connectivity index (χ3v) is 5.64. The van der Waals surface area contributed by atoms with E-state index < -0.39 is 5.82 Å². The lowest BCUT2D eigenvalue weighted by Crippen LogP contribution is -1.99. The molecule has 0 atom stereocenters. The summed E-state index contributed by atoms with van der Waals surface area (Å²) in [4.78, 5) is 7.31. The number of H-pyrrole nitrogens is 1. The van der Waals surface area contributed by atoms with E-state index in [9.17, 15) is 9.65 Å². The standard InChI is InChI=1S/C24H15Cl3FN3O2/c1-32-22-8-13(6-15(11-29)24-30-20-5-4-17(28)10-21(20)31-24)7-19(27)23(22)33-12-14-2-3-16(25)9-18(14)26/h2-10H,12H2,1H3,(H,30,31)/b15-6-. The topological polar surface area (TPSA) is 70.9 Å². The van der Waals surface area contributed by atoms with Crippen LogP contribution in [-0.2, 0) is 6.61 Å². The number of nitrogens with zero attached hydrogens (tertiary/aromatic N) is 2. The fourth-order valence-corrected chi connectivity index (χ4v) is 3.92. The smallest absolute Gasteiger partial charge is 0.180 e. The first-order valence-corrected chi connectivity index (χ1v) is 10.7. The minimum absolute atomic E-state index is 0.153. The highest BCUT2D eigenvalue weighted by Gasteiger charge is 2.15. The lowest BCUT2D eigenvalue weighted by Gasteiger charge is -2.14. The minimum atomic E-state index is -0.396. The summed E-state index contributed by atoms with van der Waals surface area (Å²) in [5.41, 5.74) is 2.61. The first kappa shape index (κ1) is 22.9. The van der Waals surface area contributed by atoms with Gasteiger partial charge in [0.15, 0.2) is 11.5 Å². The molecule has 1 heterocycles.